The highest BCUT2D eigenvalue weighted by atomic mass is 16.2. The van der Waals surface area contributed by atoms with Crippen LogP contribution in [-0.2, 0) is 16.1 Å². The molecule has 31 heavy (non-hydrogen) atoms. The molecule has 3 N–H and O–H groups in total. The average molecular weight is 430 g/mol. The molecule has 0 radical (unpaired) electrons. The third-order valence-electron chi connectivity index (χ3n) is 5.99. The molecule has 3 rings (SSSR count). The molecular formula is C23H35N5O3. The number of carbonyl (C=O) groups excluding carboxylic acids is 3. The van der Waals surface area contributed by atoms with Gasteiger partial charge in [0.1, 0.15) is 0 Å². The molecule has 1 aromatic rings. The maximum absolute atomic E-state index is 12.4. The largest absolute Gasteiger partial charge is 0.351 e. The van der Waals surface area contributed by atoms with Crippen molar-refractivity contribution in [2.24, 2.45) is 0 Å². The zero-order chi connectivity index (χ0) is 21.9. The van der Waals surface area contributed by atoms with Gasteiger partial charge in [-0.25, -0.2) is 4.79 Å². The molecule has 1 aliphatic carbocycles. The predicted octanol–water partition coefficient (Wildman–Crippen LogP) is 1.47. The molecule has 0 unspecified atom stereocenters. The summed E-state index contributed by atoms with van der Waals surface area (Å²) in [4.78, 5) is 40.4. The number of benzene rings is 1. The number of amides is 4. The fraction of sp³-hybridized carbons (Fsp3) is 0.609. The highest BCUT2D eigenvalue weighted by Gasteiger charge is 2.22. The molecule has 1 saturated heterocycles. The molecule has 0 spiro atoms. The topological polar surface area (TPSA) is 93.8 Å². The highest BCUT2D eigenvalue weighted by Crippen LogP contribution is 2.17. The van der Waals surface area contributed by atoms with Crippen molar-refractivity contribution in [3.05, 3.63) is 35.9 Å². The summed E-state index contributed by atoms with van der Waals surface area (Å²) < 4.78 is 0. The number of hydrogen-bond acceptors (Lipinski definition) is 4. The number of hydrogen-bond donors (Lipinski definition) is 3. The van der Waals surface area contributed by atoms with Crippen molar-refractivity contribution in [2.75, 3.05) is 39.3 Å². The summed E-state index contributed by atoms with van der Waals surface area (Å²) in [5.74, 6) is 0.0444. The van der Waals surface area contributed by atoms with Crippen LogP contribution in [0.3, 0.4) is 0 Å². The molecule has 2 fully saturated rings. The summed E-state index contributed by atoms with van der Waals surface area (Å²) in [6.45, 7) is 3.80. The summed E-state index contributed by atoms with van der Waals surface area (Å²) >= 11 is 0. The normalized spacial score (nSPS) is 17.7. The summed E-state index contributed by atoms with van der Waals surface area (Å²) in [7, 11) is 0. The molecule has 4 amide bonds. The Bertz CT molecular complexity index is 713. The van der Waals surface area contributed by atoms with Crippen LogP contribution in [0.15, 0.2) is 30.3 Å². The lowest BCUT2D eigenvalue weighted by molar-refractivity contribution is -0.133. The third-order valence-corrected chi connectivity index (χ3v) is 5.99. The second-order valence-electron chi connectivity index (χ2n) is 8.40. The highest BCUT2D eigenvalue weighted by molar-refractivity contribution is 5.79. The van der Waals surface area contributed by atoms with E-state index in [1.165, 1.54) is 19.3 Å². The third kappa shape index (κ3) is 8.20. The molecule has 0 bridgehead atoms. The first-order valence-electron chi connectivity index (χ1n) is 11.5. The number of piperazine rings is 1. The SMILES string of the molecule is O=C(CN1CCN(C(=O)CCNC(=O)NC2CCCCC2)CC1)NCc1ccccc1. The van der Waals surface area contributed by atoms with Gasteiger partial charge in [0, 0.05) is 51.7 Å². The molecule has 0 aromatic heterocycles. The Kier molecular flexibility index (Phi) is 9.15. The number of rotatable bonds is 8. The summed E-state index contributed by atoms with van der Waals surface area (Å²) in [6, 6.07) is 9.92. The molecule has 8 nitrogen and oxygen atoms in total. The van der Waals surface area contributed by atoms with Gasteiger partial charge in [0.25, 0.3) is 0 Å². The van der Waals surface area contributed by atoms with Gasteiger partial charge in [0.05, 0.1) is 6.54 Å². The van der Waals surface area contributed by atoms with E-state index in [1.807, 2.05) is 35.2 Å². The van der Waals surface area contributed by atoms with Gasteiger partial charge >= 0.3 is 6.03 Å². The molecule has 1 aliphatic heterocycles. The number of nitrogens with one attached hydrogen (secondary N) is 3. The van der Waals surface area contributed by atoms with Crippen molar-refractivity contribution in [3.63, 3.8) is 0 Å². The minimum Gasteiger partial charge on any atom is -0.351 e. The van der Waals surface area contributed by atoms with E-state index in [-0.39, 0.29) is 23.9 Å². The maximum atomic E-state index is 12.4. The van der Waals surface area contributed by atoms with E-state index in [2.05, 4.69) is 20.9 Å². The standard InChI is InChI=1S/C23H35N5O3/c29-21(25-17-19-7-3-1-4-8-19)18-27-13-15-28(16-14-27)22(30)11-12-24-23(31)26-20-9-5-2-6-10-20/h1,3-4,7-8,20H,2,5-6,9-18H2,(H,25,29)(H2,24,26,31). The Morgan fingerprint density at radius 3 is 2.32 bits per heavy atom. The van der Waals surface area contributed by atoms with Crippen molar-refractivity contribution in [2.45, 2.75) is 51.1 Å². The van der Waals surface area contributed by atoms with Crippen LogP contribution in [0, 0.1) is 0 Å². The zero-order valence-corrected chi connectivity index (χ0v) is 18.3. The fourth-order valence-electron chi connectivity index (χ4n) is 4.14. The molecule has 1 saturated carbocycles. The number of nitrogens with zero attached hydrogens (tertiary/aromatic N) is 2. The van der Waals surface area contributed by atoms with Crippen LogP contribution in [0.5, 0.6) is 0 Å². The van der Waals surface area contributed by atoms with Gasteiger partial charge < -0.3 is 20.9 Å². The maximum Gasteiger partial charge on any atom is 0.315 e. The molecule has 170 valence electrons. The van der Waals surface area contributed by atoms with E-state index in [0.717, 1.165) is 18.4 Å². The number of urea groups is 1. The van der Waals surface area contributed by atoms with E-state index in [4.69, 9.17) is 0 Å². The van der Waals surface area contributed by atoms with Gasteiger partial charge in [-0.05, 0) is 18.4 Å². The van der Waals surface area contributed by atoms with Crippen LogP contribution in [-0.4, -0.2) is 73.0 Å². The molecule has 8 heteroatoms. The van der Waals surface area contributed by atoms with E-state index >= 15 is 0 Å². The van der Waals surface area contributed by atoms with Crippen molar-refractivity contribution in [3.8, 4) is 0 Å². The van der Waals surface area contributed by atoms with Crippen LogP contribution in [0.2, 0.25) is 0 Å². The van der Waals surface area contributed by atoms with Crippen LogP contribution in [0.1, 0.15) is 44.1 Å². The van der Waals surface area contributed by atoms with Gasteiger partial charge in [-0.2, -0.15) is 0 Å². The average Bonchev–Trinajstić information content (AvgIpc) is 2.79. The van der Waals surface area contributed by atoms with Crippen molar-refractivity contribution < 1.29 is 14.4 Å². The van der Waals surface area contributed by atoms with Gasteiger partial charge in [0.15, 0.2) is 0 Å². The quantitative estimate of drug-likeness (QED) is 0.583. The Morgan fingerprint density at radius 1 is 0.903 bits per heavy atom. The van der Waals surface area contributed by atoms with Gasteiger partial charge in [0.2, 0.25) is 11.8 Å². The first kappa shape index (κ1) is 23.1. The Morgan fingerprint density at radius 2 is 1.61 bits per heavy atom. The van der Waals surface area contributed by atoms with E-state index in [1.54, 1.807) is 0 Å². The molecule has 1 heterocycles. The number of carbonyl (C=O) groups is 3. The monoisotopic (exact) mass is 429 g/mol. The van der Waals surface area contributed by atoms with Crippen molar-refractivity contribution >= 4 is 17.8 Å². The van der Waals surface area contributed by atoms with Crippen LogP contribution < -0.4 is 16.0 Å². The molecule has 0 atom stereocenters. The smallest absolute Gasteiger partial charge is 0.315 e. The predicted molar refractivity (Wildman–Crippen MR) is 119 cm³/mol. The van der Waals surface area contributed by atoms with Crippen LogP contribution >= 0.6 is 0 Å². The lowest BCUT2D eigenvalue weighted by Crippen LogP contribution is -2.51. The Labute approximate surface area is 184 Å². The van der Waals surface area contributed by atoms with E-state index in [0.29, 0.717) is 52.2 Å². The minimum atomic E-state index is -0.175. The summed E-state index contributed by atoms with van der Waals surface area (Å²) in [5.41, 5.74) is 1.08. The summed E-state index contributed by atoms with van der Waals surface area (Å²) in [6.07, 6.45) is 5.98. The van der Waals surface area contributed by atoms with Crippen molar-refractivity contribution in [1.82, 2.24) is 25.8 Å². The molecule has 2 aliphatic rings. The van der Waals surface area contributed by atoms with Crippen LogP contribution in [0.25, 0.3) is 0 Å². The van der Waals surface area contributed by atoms with Gasteiger partial charge in [-0.15, -0.1) is 0 Å². The molecular weight excluding hydrogens is 394 g/mol. The van der Waals surface area contributed by atoms with Crippen LogP contribution in [0.4, 0.5) is 4.79 Å². The Balaban J connectivity index is 1.26. The summed E-state index contributed by atoms with van der Waals surface area (Å²) in [5, 5.41) is 8.74. The first-order chi connectivity index (χ1) is 15.1. The van der Waals surface area contributed by atoms with E-state index in [9.17, 15) is 14.4 Å². The second-order valence-corrected chi connectivity index (χ2v) is 8.40. The van der Waals surface area contributed by atoms with Gasteiger partial charge in [-0.1, -0.05) is 49.6 Å². The lowest BCUT2D eigenvalue weighted by Gasteiger charge is -2.34. The van der Waals surface area contributed by atoms with E-state index < -0.39 is 0 Å². The zero-order valence-electron chi connectivity index (χ0n) is 18.3. The molecule has 1 aromatic carbocycles. The second kappa shape index (κ2) is 12.3. The fourth-order valence-corrected chi connectivity index (χ4v) is 4.14. The minimum absolute atomic E-state index is 0.00296. The lowest BCUT2D eigenvalue weighted by atomic mass is 9.96. The first-order valence-corrected chi connectivity index (χ1v) is 11.5. The van der Waals surface area contributed by atoms with Crippen molar-refractivity contribution in [1.29, 1.82) is 0 Å². The van der Waals surface area contributed by atoms with Gasteiger partial charge in [-0.3, -0.25) is 14.5 Å². The Hall–Kier alpha value is -2.61.